The number of nitrogens with zero attached hydrogens (tertiary/aromatic N) is 2. The highest BCUT2D eigenvalue weighted by atomic mass is 79.9. The summed E-state index contributed by atoms with van der Waals surface area (Å²) in [5.74, 6) is 0.166. The van der Waals surface area contributed by atoms with E-state index in [1.54, 1.807) is 6.07 Å². The van der Waals surface area contributed by atoms with Crippen molar-refractivity contribution in [3.05, 3.63) is 15.7 Å². The molecule has 0 aliphatic heterocycles. The standard InChI is InChI=1S/C6H5BrClN3O/c1-3(12)9-6-4(7)2-5(8)10-11-6/h2H,1H3,(H,9,11,12). The van der Waals surface area contributed by atoms with E-state index in [-0.39, 0.29) is 11.1 Å². The van der Waals surface area contributed by atoms with Gasteiger partial charge < -0.3 is 5.32 Å². The van der Waals surface area contributed by atoms with Gasteiger partial charge in [-0.25, -0.2) is 0 Å². The lowest BCUT2D eigenvalue weighted by molar-refractivity contribution is -0.114. The summed E-state index contributed by atoms with van der Waals surface area (Å²) >= 11 is 8.71. The first-order valence-electron chi connectivity index (χ1n) is 3.06. The monoisotopic (exact) mass is 249 g/mol. The van der Waals surface area contributed by atoms with Crippen LogP contribution in [-0.4, -0.2) is 16.1 Å². The second kappa shape index (κ2) is 3.82. The highest BCUT2D eigenvalue weighted by molar-refractivity contribution is 9.10. The summed E-state index contributed by atoms with van der Waals surface area (Å²) in [6.45, 7) is 1.39. The van der Waals surface area contributed by atoms with Crippen LogP contribution in [0, 0.1) is 0 Å². The Hall–Kier alpha value is -0.680. The Morgan fingerprint density at radius 2 is 2.33 bits per heavy atom. The van der Waals surface area contributed by atoms with Gasteiger partial charge in [-0.05, 0) is 22.0 Å². The maximum absolute atomic E-state index is 10.6. The van der Waals surface area contributed by atoms with Crippen molar-refractivity contribution in [3.8, 4) is 0 Å². The van der Waals surface area contributed by atoms with E-state index in [9.17, 15) is 4.79 Å². The van der Waals surface area contributed by atoms with Crippen molar-refractivity contribution < 1.29 is 4.79 Å². The Bertz CT molecular complexity index is 318. The van der Waals surface area contributed by atoms with Crippen LogP contribution in [0.2, 0.25) is 5.15 Å². The van der Waals surface area contributed by atoms with E-state index in [4.69, 9.17) is 11.6 Å². The molecule has 4 nitrogen and oxygen atoms in total. The van der Waals surface area contributed by atoms with Crippen molar-refractivity contribution >= 4 is 39.3 Å². The van der Waals surface area contributed by atoms with Gasteiger partial charge in [0.15, 0.2) is 11.0 Å². The molecule has 64 valence electrons. The lowest BCUT2D eigenvalue weighted by Gasteiger charge is -2.01. The molecule has 0 aliphatic carbocycles. The fourth-order valence-electron chi connectivity index (χ4n) is 0.599. The molecule has 0 aliphatic rings. The van der Waals surface area contributed by atoms with E-state index in [0.717, 1.165) is 0 Å². The average Bonchev–Trinajstić information content (AvgIpc) is 1.94. The van der Waals surface area contributed by atoms with Crippen molar-refractivity contribution in [1.29, 1.82) is 0 Å². The van der Waals surface area contributed by atoms with Crippen LogP contribution in [0.4, 0.5) is 5.82 Å². The van der Waals surface area contributed by atoms with Crippen LogP contribution in [0.5, 0.6) is 0 Å². The summed E-state index contributed by atoms with van der Waals surface area (Å²) < 4.78 is 0.609. The Kier molecular flexibility index (Phi) is 2.99. The van der Waals surface area contributed by atoms with Crippen LogP contribution in [0.1, 0.15) is 6.92 Å². The van der Waals surface area contributed by atoms with Gasteiger partial charge in [0.2, 0.25) is 5.91 Å². The van der Waals surface area contributed by atoms with Crippen LogP contribution >= 0.6 is 27.5 Å². The summed E-state index contributed by atoms with van der Waals surface area (Å²) in [4.78, 5) is 10.6. The number of carbonyl (C=O) groups excluding carboxylic acids is 1. The van der Waals surface area contributed by atoms with Gasteiger partial charge in [-0.2, -0.15) is 0 Å². The van der Waals surface area contributed by atoms with Crippen LogP contribution in [0.25, 0.3) is 0 Å². The third kappa shape index (κ3) is 2.42. The zero-order chi connectivity index (χ0) is 9.14. The van der Waals surface area contributed by atoms with E-state index in [2.05, 4.69) is 31.4 Å². The molecule has 0 atom stereocenters. The zero-order valence-electron chi connectivity index (χ0n) is 6.14. The smallest absolute Gasteiger partial charge is 0.222 e. The van der Waals surface area contributed by atoms with Crippen molar-refractivity contribution in [1.82, 2.24) is 10.2 Å². The Balaban J connectivity index is 2.93. The van der Waals surface area contributed by atoms with Gasteiger partial charge in [-0.1, -0.05) is 11.6 Å². The number of anilines is 1. The molecular weight excluding hydrogens is 245 g/mol. The molecule has 0 radical (unpaired) electrons. The van der Waals surface area contributed by atoms with Gasteiger partial charge in [0, 0.05) is 6.92 Å². The number of halogens is 2. The minimum Gasteiger partial charge on any atom is -0.308 e. The molecular formula is C6H5BrClN3O. The first kappa shape index (κ1) is 9.41. The Morgan fingerprint density at radius 3 is 2.83 bits per heavy atom. The summed E-state index contributed by atoms with van der Waals surface area (Å²) in [5, 5.41) is 9.98. The highest BCUT2D eigenvalue weighted by Crippen LogP contribution is 2.20. The molecule has 0 fully saturated rings. The second-order valence-electron chi connectivity index (χ2n) is 2.04. The summed E-state index contributed by atoms with van der Waals surface area (Å²) in [7, 11) is 0. The number of amides is 1. The number of rotatable bonds is 1. The van der Waals surface area contributed by atoms with Crippen LogP contribution < -0.4 is 5.32 Å². The molecule has 0 unspecified atom stereocenters. The molecule has 0 aromatic carbocycles. The van der Waals surface area contributed by atoms with Crippen LogP contribution in [-0.2, 0) is 4.79 Å². The number of nitrogens with one attached hydrogen (secondary N) is 1. The third-order valence-corrected chi connectivity index (χ3v) is 1.80. The fraction of sp³-hybridized carbons (Fsp3) is 0.167. The molecule has 0 saturated carbocycles. The quantitative estimate of drug-likeness (QED) is 0.827. The predicted octanol–water partition coefficient (Wildman–Crippen LogP) is 1.85. The van der Waals surface area contributed by atoms with Gasteiger partial charge in [-0.3, -0.25) is 4.79 Å². The predicted molar refractivity (Wildman–Crippen MR) is 49.0 cm³/mol. The van der Waals surface area contributed by atoms with Crippen LogP contribution in [0.15, 0.2) is 10.5 Å². The normalized spacial score (nSPS) is 9.58. The van der Waals surface area contributed by atoms with Crippen molar-refractivity contribution in [2.75, 3.05) is 5.32 Å². The van der Waals surface area contributed by atoms with Gasteiger partial charge in [0.05, 0.1) is 4.47 Å². The van der Waals surface area contributed by atoms with Gasteiger partial charge in [0.1, 0.15) is 0 Å². The van der Waals surface area contributed by atoms with Crippen LogP contribution in [0.3, 0.4) is 0 Å². The highest BCUT2D eigenvalue weighted by Gasteiger charge is 2.04. The van der Waals surface area contributed by atoms with Crippen molar-refractivity contribution in [3.63, 3.8) is 0 Å². The lowest BCUT2D eigenvalue weighted by atomic mass is 10.5. The molecule has 0 bridgehead atoms. The van der Waals surface area contributed by atoms with E-state index in [0.29, 0.717) is 10.3 Å². The largest absolute Gasteiger partial charge is 0.308 e. The lowest BCUT2D eigenvalue weighted by Crippen LogP contribution is -2.08. The Morgan fingerprint density at radius 1 is 1.67 bits per heavy atom. The fourth-order valence-corrected chi connectivity index (χ4v) is 1.27. The van der Waals surface area contributed by atoms with Gasteiger partial charge >= 0.3 is 0 Å². The summed E-state index contributed by atoms with van der Waals surface area (Å²) in [6, 6.07) is 1.56. The number of carbonyl (C=O) groups is 1. The molecule has 1 amide bonds. The Labute approximate surface area is 82.5 Å². The number of aromatic nitrogens is 2. The molecule has 12 heavy (non-hydrogen) atoms. The molecule has 1 N–H and O–H groups in total. The zero-order valence-corrected chi connectivity index (χ0v) is 8.48. The maximum Gasteiger partial charge on any atom is 0.222 e. The maximum atomic E-state index is 10.6. The molecule has 6 heteroatoms. The van der Waals surface area contributed by atoms with Gasteiger partial charge in [-0.15, -0.1) is 10.2 Å². The minimum absolute atomic E-state index is 0.202. The van der Waals surface area contributed by atoms with Gasteiger partial charge in [0.25, 0.3) is 0 Å². The number of hydrogen-bond acceptors (Lipinski definition) is 3. The van der Waals surface area contributed by atoms with E-state index >= 15 is 0 Å². The molecule has 1 heterocycles. The molecule has 1 rings (SSSR count). The first-order valence-corrected chi connectivity index (χ1v) is 4.23. The number of hydrogen-bond donors (Lipinski definition) is 1. The first-order chi connectivity index (χ1) is 5.59. The van der Waals surface area contributed by atoms with Crippen molar-refractivity contribution in [2.45, 2.75) is 6.92 Å². The third-order valence-electron chi connectivity index (χ3n) is 1.01. The molecule has 1 aromatic rings. The second-order valence-corrected chi connectivity index (χ2v) is 3.29. The molecule has 1 aromatic heterocycles. The van der Waals surface area contributed by atoms with E-state index in [1.807, 2.05) is 0 Å². The molecule has 0 spiro atoms. The average molecular weight is 250 g/mol. The van der Waals surface area contributed by atoms with E-state index < -0.39 is 0 Å². The summed E-state index contributed by atoms with van der Waals surface area (Å²) in [5.41, 5.74) is 0. The minimum atomic E-state index is -0.202. The SMILES string of the molecule is CC(=O)Nc1nnc(Cl)cc1Br. The summed E-state index contributed by atoms with van der Waals surface area (Å²) in [6.07, 6.45) is 0. The van der Waals surface area contributed by atoms with E-state index in [1.165, 1.54) is 6.92 Å². The topological polar surface area (TPSA) is 54.9 Å². The molecule has 0 saturated heterocycles. The van der Waals surface area contributed by atoms with Crippen molar-refractivity contribution in [2.24, 2.45) is 0 Å².